The van der Waals surface area contributed by atoms with Gasteiger partial charge >= 0.3 is 0 Å². The van der Waals surface area contributed by atoms with E-state index in [1.807, 2.05) is 30.3 Å². The molecule has 2 aromatic heterocycles. The Balaban J connectivity index is 1.34. The minimum Gasteiger partial charge on any atom is -0.455 e. The van der Waals surface area contributed by atoms with Crippen LogP contribution in [-0.4, -0.2) is 9.97 Å². The molecule has 0 radical (unpaired) electrons. The highest BCUT2D eigenvalue weighted by Crippen LogP contribution is 2.57. The third kappa shape index (κ3) is 3.58. The van der Waals surface area contributed by atoms with E-state index in [1.54, 1.807) is 0 Å². The lowest BCUT2D eigenvalue weighted by Crippen LogP contribution is -2.43. The van der Waals surface area contributed by atoms with Gasteiger partial charge in [-0.3, -0.25) is 0 Å². The molecule has 2 heterocycles. The van der Waals surface area contributed by atoms with Gasteiger partial charge in [-0.2, -0.15) is 0 Å². The highest BCUT2D eigenvalue weighted by molar-refractivity contribution is 6.15. The van der Waals surface area contributed by atoms with Gasteiger partial charge in [0.1, 0.15) is 11.2 Å². The molecule has 0 amide bonds. The Morgan fingerprint density at radius 2 is 1.11 bits per heavy atom. The molecule has 6 aromatic carbocycles. The van der Waals surface area contributed by atoms with Gasteiger partial charge in [0.05, 0.1) is 22.4 Å². The molecule has 0 saturated heterocycles. The number of hydrogen-bond donors (Lipinski definition) is 0. The lowest BCUT2D eigenvalue weighted by atomic mass is 9.55. The number of para-hydroxylation sites is 2. The molecule has 1 aliphatic carbocycles. The van der Waals surface area contributed by atoms with Crippen molar-refractivity contribution in [2.24, 2.45) is 0 Å². The van der Waals surface area contributed by atoms with Crippen LogP contribution in [-0.2, 0) is 10.8 Å². The molecule has 0 unspecified atom stereocenters. The molecule has 0 aliphatic heterocycles. The van der Waals surface area contributed by atoms with Crippen molar-refractivity contribution in [3.8, 4) is 33.6 Å². The van der Waals surface area contributed by atoms with Crippen LogP contribution in [0.4, 0.5) is 0 Å². The molecular formula is C42H32N2O. The van der Waals surface area contributed by atoms with Gasteiger partial charge in [-0.25, -0.2) is 9.97 Å². The zero-order valence-corrected chi connectivity index (χ0v) is 25.8. The first-order valence-electron chi connectivity index (χ1n) is 15.7. The number of benzene rings is 6. The van der Waals surface area contributed by atoms with E-state index in [-0.39, 0.29) is 10.8 Å². The van der Waals surface area contributed by atoms with Gasteiger partial charge in [-0.05, 0) is 68.6 Å². The molecular weight excluding hydrogens is 548 g/mol. The van der Waals surface area contributed by atoms with Crippen molar-refractivity contribution >= 4 is 43.7 Å². The predicted molar refractivity (Wildman–Crippen MR) is 187 cm³/mol. The van der Waals surface area contributed by atoms with E-state index in [1.165, 1.54) is 33.0 Å². The summed E-state index contributed by atoms with van der Waals surface area (Å²) >= 11 is 0. The molecule has 0 atom stereocenters. The average molecular weight is 581 g/mol. The first kappa shape index (κ1) is 26.2. The van der Waals surface area contributed by atoms with Gasteiger partial charge in [0.2, 0.25) is 0 Å². The number of furan rings is 1. The minimum absolute atomic E-state index is 0.0746. The van der Waals surface area contributed by atoms with E-state index in [0.29, 0.717) is 0 Å². The fraction of sp³-hybridized carbons (Fsp3) is 0.143. The van der Waals surface area contributed by atoms with E-state index in [9.17, 15) is 0 Å². The molecule has 0 bridgehead atoms. The SMILES string of the molecule is CC1(C)c2ccc3ccccc3c2-c2c(ccc3c2oc2ccc(-c4nc5ccccc5nc4-c4ccccc4)cc23)C1(C)C. The average Bonchev–Trinajstić information content (AvgIpc) is 3.45. The number of aromatic nitrogens is 2. The zero-order valence-electron chi connectivity index (χ0n) is 25.8. The van der Waals surface area contributed by atoms with Crippen molar-refractivity contribution in [1.29, 1.82) is 0 Å². The zero-order chi connectivity index (χ0) is 30.5. The first-order valence-corrected chi connectivity index (χ1v) is 15.7. The summed E-state index contributed by atoms with van der Waals surface area (Å²) in [6.45, 7) is 9.52. The number of rotatable bonds is 2. The lowest BCUT2D eigenvalue weighted by Gasteiger charge is -2.48. The number of fused-ring (bicyclic) bond motifs is 10. The van der Waals surface area contributed by atoms with Crippen LogP contribution in [0, 0.1) is 0 Å². The van der Waals surface area contributed by atoms with E-state index in [0.717, 1.165) is 55.5 Å². The third-order valence-corrected chi connectivity index (χ3v) is 10.6. The normalized spacial score (nSPS) is 15.0. The molecule has 9 rings (SSSR count). The smallest absolute Gasteiger partial charge is 0.143 e. The summed E-state index contributed by atoms with van der Waals surface area (Å²) in [6.07, 6.45) is 0. The lowest BCUT2D eigenvalue weighted by molar-refractivity contribution is 0.299. The summed E-state index contributed by atoms with van der Waals surface area (Å²) < 4.78 is 6.86. The molecule has 1 aliphatic rings. The minimum atomic E-state index is -0.110. The maximum Gasteiger partial charge on any atom is 0.143 e. The fourth-order valence-electron chi connectivity index (χ4n) is 7.49. The molecule has 0 saturated carbocycles. The van der Waals surface area contributed by atoms with Crippen LogP contribution in [0.25, 0.3) is 77.4 Å². The van der Waals surface area contributed by atoms with Crippen molar-refractivity contribution in [3.63, 3.8) is 0 Å². The van der Waals surface area contributed by atoms with Gasteiger partial charge in [-0.1, -0.05) is 119 Å². The molecule has 45 heavy (non-hydrogen) atoms. The van der Waals surface area contributed by atoms with Crippen molar-refractivity contribution in [1.82, 2.24) is 9.97 Å². The summed E-state index contributed by atoms with van der Waals surface area (Å²) in [4.78, 5) is 10.3. The standard InChI is InChI=1S/C42H32N2O/c1-41(2)31-21-18-25-12-8-9-15-28(25)36(31)37-32(42(41,3)4)22-20-29-30-24-27(19-23-35(30)45-40(29)37)39-38(26-13-6-5-7-14-26)43-33-16-10-11-17-34(33)44-39/h5-24H,1-4H3. The number of hydrogen-bond acceptors (Lipinski definition) is 3. The van der Waals surface area contributed by atoms with Crippen LogP contribution in [0.2, 0.25) is 0 Å². The van der Waals surface area contributed by atoms with Gasteiger partial charge < -0.3 is 4.42 Å². The van der Waals surface area contributed by atoms with Crippen LogP contribution in [0.1, 0.15) is 38.8 Å². The maximum atomic E-state index is 6.86. The summed E-state index contributed by atoms with van der Waals surface area (Å²) in [5.74, 6) is 0. The summed E-state index contributed by atoms with van der Waals surface area (Å²) in [5.41, 5.74) is 12.4. The van der Waals surface area contributed by atoms with E-state index >= 15 is 0 Å². The van der Waals surface area contributed by atoms with Crippen molar-refractivity contribution in [3.05, 3.63) is 132 Å². The summed E-state index contributed by atoms with van der Waals surface area (Å²) in [7, 11) is 0. The maximum absolute atomic E-state index is 6.86. The van der Waals surface area contributed by atoms with Crippen LogP contribution < -0.4 is 0 Å². The third-order valence-electron chi connectivity index (χ3n) is 10.6. The van der Waals surface area contributed by atoms with Crippen LogP contribution >= 0.6 is 0 Å². The van der Waals surface area contributed by atoms with E-state index in [2.05, 4.69) is 119 Å². The molecule has 0 spiro atoms. The Bertz CT molecular complexity index is 2480. The van der Waals surface area contributed by atoms with Crippen molar-refractivity contribution in [2.45, 2.75) is 38.5 Å². The molecule has 0 N–H and O–H groups in total. The second-order valence-corrected chi connectivity index (χ2v) is 13.4. The highest BCUT2D eigenvalue weighted by Gasteiger charge is 2.47. The Labute approximate surface area is 262 Å². The van der Waals surface area contributed by atoms with Gasteiger partial charge in [-0.15, -0.1) is 0 Å². The molecule has 3 heteroatoms. The monoisotopic (exact) mass is 580 g/mol. The van der Waals surface area contributed by atoms with Crippen molar-refractivity contribution < 1.29 is 4.42 Å². The molecule has 0 fully saturated rings. The Kier molecular flexibility index (Phi) is 5.30. The highest BCUT2D eigenvalue weighted by atomic mass is 16.3. The largest absolute Gasteiger partial charge is 0.455 e. The Morgan fingerprint density at radius 1 is 0.489 bits per heavy atom. The molecule has 216 valence electrons. The predicted octanol–water partition coefficient (Wildman–Crippen LogP) is 11.3. The Morgan fingerprint density at radius 3 is 1.87 bits per heavy atom. The summed E-state index contributed by atoms with van der Waals surface area (Å²) in [6, 6.07) is 42.9. The topological polar surface area (TPSA) is 38.9 Å². The van der Waals surface area contributed by atoms with Crippen molar-refractivity contribution in [2.75, 3.05) is 0 Å². The van der Waals surface area contributed by atoms with Crippen LogP contribution in [0.3, 0.4) is 0 Å². The van der Waals surface area contributed by atoms with Crippen LogP contribution in [0.5, 0.6) is 0 Å². The second kappa shape index (κ2) is 9.12. The quantitative estimate of drug-likeness (QED) is 0.204. The van der Waals surface area contributed by atoms with Gasteiger partial charge in [0.25, 0.3) is 0 Å². The summed E-state index contributed by atoms with van der Waals surface area (Å²) in [5, 5.41) is 4.72. The first-order chi connectivity index (χ1) is 21.8. The van der Waals surface area contributed by atoms with E-state index < -0.39 is 0 Å². The van der Waals surface area contributed by atoms with E-state index in [4.69, 9.17) is 14.4 Å². The van der Waals surface area contributed by atoms with Gasteiger partial charge in [0.15, 0.2) is 0 Å². The Hall–Kier alpha value is -5.28. The second-order valence-electron chi connectivity index (χ2n) is 13.4. The molecule has 3 nitrogen and oxygen atoms in total. The molecule has 8 aromatic rings. The number of nitrogens with zero attached hydrogens (tertiary/aromatic N) is 2. The fourth-order valence-corrected chi connectivity index (χ4v) is 7.49. The van der Waals surface area contributed by atoms with Gasteiger partial charge in [0, 0.05) is 27.5 Å². The van der Waals surface area contributed by atoms with Crippen LogP contribution in [0.15, 0.2) is 126 Å².